The Morgan fingerprint density at radius 1 is 1.00 bits per heavy atom. The number of carboxylic acids is 1. The Bertz CT molecular complexity index is 1030. The third-order valence-electron chi connectivity index (χ3n) is 7.50. The second-order valence-electron chi connectivity index (χ2n) is 9.22. The van der Waals surface area contributed by atoms with Crippen molar-refractivity contribution in [2.45, 2.75) is 63.5 Å². The Hall–Kier alpha value is -3.35. The second kappa shape index (κ2) is 9.87. The number of benzene rings is 2. The molecule has 0 spiro atoms. The van der Waals surface area contributed by atoms with Crippen LogP contribution in [0.25, 0.3) is 11.1 Å². The molecule has 0 aliphatic heterocycles. The van der Waals surface area contributed by atoms with Crippen molar-refractivity contribution in [3.8, 4) is 11.1 Å². The summed E-state index contributed by atoms with van der Waals surface area (Å²) in [5.41, 5.74) is 3.25. The van der Waals surface area contributed by atoms with E-state index in [-0.39, 0.29) is 18.4 Å². The number of rotatable bonds is 9. The number of carbonyl (C=O) groups is 3. The van der Waals surface area contributed by atoms with E-state index in [4.69, 9.17) is 4.74 Å². The fraction of sp³-hybridized carbons (Fsp3) is 0.444. The van der Waals surface area contributed by atoms with Crippen molar-refractivity contribution in [3.05, 3.63) is 59.7 Å². The first-order valence-electron chi connectivity index (χ1n) is 12.1. The average molecular weight is 465 g/mol. The largest absolute Gasteiger partial charge is 0.480 e. The molecular weight excluding hydrogens is 432 g/mol. The summed E-state index contributed by atoms with van der Waals surface area (Å²) in [6.45, 7) is 3.74. The topological polar surface area (TPSA) is 105 Å². The first kappa shape index (κ1) is 23.8. The number of aliphatic carboxylic acids is 1. The summed E-state index contributed by atoms with van der Waals surface area (Å²) < 4.78 is 5.63. The minimum atomic E-state index is -1.24. The monoisotopic (exact) mass is 464 g/mol. The Labute approximate surface area is 199 Å². The van der Waals surface area contributed by atoms with Gasteiger partial charge in [0.25, 0.3) is 0 Å². The first-order chi connectivity index (χ1) is 16.4. The number of amides is 2. The number of carboxylic acid groups (broad SMARTS) is 1. The summed E-state index contributed by atoms with van der Waals surface area (Å²) in [5.74, 6) is -1.67. The summed E-state index contributed by atoms with van der Waals surface area (Å²) in [7, 11) is 0. The number of fused-ring (bicyclic) bond motifs is 3. The number of nitrogens with one attached hydrogen (secondary N) is 2. The van der Waals surface area contributed by atoms with E-state index in [0.717, 1.165) is 41.5 Å². The highest BCUT2D eigenvalue weighted by Gasteiger charge is 2.42. The van der Waals surface area contributed by atoms with E-state index in [9.17, 15) is 19.5 Å². The zero-order chi connectivity index (χ0) is 24.3. The van der Waals surface area contributed by atoms with Gasteiger partial charge in [0, 0.05) is 5.92 Å². The molecule has 0 saturated heterocycles. The van der Waals surface area contributed by atoms with Gasteiger partial charge in [-0.15, -0.1) is 0 Å². The van der Waals surface area contributed by atoms with Crippen LogP contribution in [0, 0.1) is 5.92 Å². The molecule has 34 heavy (non-hydrogen) atoms. The van der Waals surface area contributed by atoms with Crippen molar-refractivity contribution in [2.24, 2.45) is 5.92 Å². The molecule has 0 aromatic heterocycles. The molecule has 1 atom stereocenters. The van der Waals surface area contributed by atoms with Gasteiger partial charge in [0.2, 0.25) is 5.91 Å². The van der Waals surface area contributed by atoms with E-state index in [2.05, 4.69) is 22.8 Å². The van der Waals surface area contributed by atoms with Crippen molar-refractivity contribution in [1.82, 2.24) is 10.6 Å². The van der Waals surface area contributed by atoms with Gasteiger partial charge in [0.1, 0.15) is 18.2 Å². The molecule has 7 nitrogen and oxygen atoms in total. The molecule has 1 fully saturated rings. The molecule has 3 N–H and O–H groups in total. The SMILES string of the molecule is CCC(CC)(NC(=O)OCC1c2ccccc2-c2ccccc21)C(=O)NC(C(=O)O)C1CCC1. The van der Waals surface area contributed by atoms with Crippen LogP contribution in [0.2, 0.25) is 0 Å². The molecule has 1 unspecified atom stereocenters. The lowest BCUT2D eigenvalue weighted by atomic mass is 9.79. The van der Waals surface area contributed by atoms with E-state index >= 15 is 0 Å². The number of carbonyl (C=O) groups excluding carboxylic acids is 2. The molecule has 0 radical (unpaired) electrons. The lowest BCUT2D eigenvalue weighted by molar-refractivity contribution is -0.145. The maximum atomic E-state index is 13.2. The summed E-state index contributed by atoms with van der Waals surface area (Å²) in [6.07, 6.45) is 2.48. The third-order valence-corrected chi connectivity index (χ3v) is 7.50. The second-order valence-corrected chi connectivity index (χ2v) is 9.22. The standard InChI is InChI=1S/C27H32N2O5/c1-3-27(4-2,25(32)28-23(24(30)31)17-10-9-11-17)29-26(33)34-16-22-20-14-7-5-12-18(20)19-13-6-8-15-21(19)22/h5-8,12-15,17,22-23H,3-4,9-11,16H2,1-2H3,(H,28,32)(H,29,33)(H,30,31). The predicted octanol–water partition coefficient (Wildman–Crippen LogP) is 4.45. The molecule has 180 valence electrons. The van der Waals surface area contributed by atoms with Crippen LogP contribution in [-0.2, 0) is 14.3 Å². The lowest BCUT2D eigenvalue weighted by Crippen LogP contribution is -2.62. The summed E-state index contributed by atoms with van der Waals surface area (Å²) >= 11 is 0. The van der Waals surface area contributed by atoms with Gasteiger partial charge in [-0.3, -0.25) is 4.79 Å². The molecule has 7 heteroatoms. The van der Waals surface area contributed by atoms with Gasteiger partial charge in [-0.1, -0.05) is 68.8 Å². The molecule has 4 rings (SSSR count). The normalized spacial score (nSPS) is 16.1. The number of hydrogen-bond acceptors (Lipinski definition) is 4. The highest BCUT2D eigenvalue weighted by molar-refractivity contribution is 5.93. The van der Waals surface area contributed by atoms with Gasteiger partial charge >= 0.3 is 12.1 Å². The predicted molar refractivity (Wildman–Crippen MR) is 128 cm³/mol. The van der Waals surface area contributed by atoms with Crippen LogP contribution in [0.15, 0.2) is 48.5 Å². The average Bonchev–Trinajstić information content (AvgIpc) is 3.13. The Balaban J connectivity index is 1.44. The van der Waals surface area contributed by atoms with Crippen LogP contribution >= 0.6 is 0 Å². The molecular formula is C27H32N2O5. The van der Waals surface area contributed by atoms with Crippen molar-refractivity contribution in [1.29, 1.82) is 0 Å². The van der Waals surface area contributed by atoms with E-state index < -0.39 is 29.6 Å². The number of hydrogen-bond donors (Lipinski definition) is 3. The quantitative estimate of drug-likeness (QED) is 0.508. The van der Waals surface area contributed by atoms with Crippen LogP contribution < -0.4 is 10.6 Å². The first-order valence-corrected chi connectivity index (χ1v) is 12.1. The molecule has 2 aliphatic carbocycles. The van der Waals surface area contributed by atoms with Gasteiger partial charge in [-0.05, 0) is 53.9 Å². The molecule has 1 saturated carbocycles. The summed E-state index contributed by atoms with van der Waals surface area (Å²) in [6, 6.07) is 15.2. The number of ether oxygens (including phenoxy) is 1. The summed E-state index contributed by atoms with van der Waals surface area (Å²) in [5, 5.41) is 15.0. The fourth-order valence-electron chi connectivity index (χ4n) is 5.07. The van der Waals surface area contributed by atoms with Gasteiger partial charge in [-0.2, -0.15) is 0 Å². The molecule has 0 heterocycles. The number of alkyl carbamates (subject to hydrolysis) is 1. The lowest BCUT2D eigenvalue weighted by Gasteiger charge is -2.36. The third kappa shape index (κ3) is 4.39. The van der Waals surface area contributed by atoms with Crippen LogP contribution in [0.3, 0.4) is 0 Å². The smallest absolute Gasteiger partial charge is 0.408 e. The molecule has 0 bridgehead atoms. The van der Waals surface area contributed by atoms with E-state index in [1.54, 1.807) is 13.8 Å². The van der Waals surface area contributed by atoms with Crippen LogP contribution in [0.1, 0.15) is 63.0 Å². The van der Waals surface area contributed by atoms with Crippen LogP contribution in [0.5, 0.6) is 0 Å². The minimum Gasteiger partial charge on any atom is -0.480 e. The van der Waals surface area contributed by atoms with Crippen molar-refractivity contribution in [3.63, 3.8) is 0 Å². The van der Waals surface area contributed by atoms with Gasteiger partial charge in [0.15, 0.2) is 0 Å². The molecule has 2 aliphatic rings. The Kier molecular flexibility index (Phi) is 6.91. The zero-order valence-electron chi connectivity index (χ0n) is 19.7. The highest BCUT2D eigenvalue weighted by atomic mass is 16.5. The maximum Gasteiger partial charge on any atom is 0.408 e. The molecule has 2 aromatic rings. The summed E-state index contributed by atoms with van der Waals surface area (Å²) in [4.78, 5) is 37.7. The highest BCUT2D eigenvalue weighted by Crippen LogP contribution is 2.44. The van der Waals surface area contributed by atoms with Crippen molar-refractivity contribution >= 4 is 18.0 Å². The van der Waals surface area contributed by atoms with Crippen molar-refractivity contribution in [2.75, 3.05) is 6.61 Å². The van der Waals surface area contributed by atoms with Gasteiger partial charge in [0.05, 0.1) is 0 Å². The fourth-order valence-corrected chi connectivity index (χ4v) is 5.07. The van der Waals surface area contributed by atoms with E-state index in [1.165, 1.54) is 0 Å². The maximum absolute atomic E-state index is 13.2. The zero-order valence-corrected chi connectivity index (χ0v) is 19.7. The van der Waals surface area contributed by atoms with Crippen LogP contribution in [-0.4, -0.2) is 41.3 Å². The van der Waals surface area contributed by atoms with E-state index in [0.29, 0.717) is 12.8 Å². The van der Waals surface area contributed by atoms with E-state index in [1.807, 2.05) is 36.4 Å². The Morgan fingerprint density at radius 3 is 2.03 bits per heavy atom. The molecule has 2 amide bonds. The minimum absolute atomic E-state index is 0.0673. The molecule has 2 aromatic carbocycles. The Morgan fingerprint density at radius 2 is 1.56 bits per heavy atom. The van der Waals surface area contributed by atoms with Gasteiger partial charge in [-0.25, -0.2) is 9.59 Å². The van der Waals surface area contributed by atoms with Gasteiger partial charge < -0.3 is 20.5 Å². The van der Waals surface area contributed by atoms with Crippen molar-refractivity contribution < 1.29 is 24.2 Å². The van der Waals surface area contributed by atoms with Crippen LogP contribution in [0.4, 0.5) is 4.79 Å².